The van der Waals surface area contributed by atoms with E-state index < -0.39 is 22.4 Å². The van der Waals surface area contributed by atoms with Crippen LogP contribution in [-0.4, -0.2) is 21.5 Å². The molecule has 1 aliphatic carbocycles. The highest BCUT2D eigenvalue weighted by Crippen LogP contribution is 2.24. The molecular formula is C20H10N2O4. The zero-order valence-electron chi connectivity index (χ0n) is 13.3. The molecule has 5 rings (SSSR count). The largest absolute Gasteiger partial charge is 0.351 e. The van der Waals surface area contributed by atoms with Crippen molar-refractivity contribution in [2.75, 3.05) is 0 Å². The third kappa shape index (κ3) is 1.70. The molecule has 0 spiro atoms. The topological polar surface area (TPSA) is 99.9 Å². The number of para-hydroxylation sites is 2. The van der Waals surface area contributed by atoms with E-state index in [1.165, 1.54) is 0 Å². The molecule has 26 heavy (non-hydrogen) atoms. The summed E-state index contributed by atoms with van der Waals surface area (Å²) in [5, 5.41) is 0.637. The van der Waals surface area contributed by atoms with Crippen LogP contribution in [0.2, 0.25) is 0 Å². The van der Waals surface area contributed by atoms with Crippen molar-refractivity contribution in [3.63, 3.8) is 0 Å². The van der Waals surface area contributed by atoms with Crippen LogP contribution in [0.25, 0.3) is 21.8 Å². The van der Waals surface area contributed by atoms with Crippen LogP contribution in [0.15, 0.2) is 58.1 Å². The molecule has 0 radical (unpaired) electrons. The average molecular weight is 342 g/mol. The highest BCUT2D eigenvalue weighted by Gasteiger charge is 2.36. The SMILES string of the molecule is O=C1c2[nH]c3ccccc3c(=O)c2C(=O)c2[nH]c3ccccc3c(=O)c21. The smallest absolute Gasteiger partial charge is 0.216 e. The average Bonchev–Trinajstić information content (AvgIpc) is 2.66. The summed E-state index contributed by atoms with van der Waals surface area (Å²) < 4.78 is 0. The van der Waals surface area contributed by atoms with E-state index in [1.807, 2.05) is 0 Å². The molecule has 0 unspecified atom stereocenters. The molecule has 2 aromatic heterocycles. The summed E-state index contributed by atoms with van der Waals surface area (Å²) >= 11 is 0. The normalized spacial score (nSPS) is 13.1. The molecule has 4 aromatic rings. The first-order valence-electron chi connectivity index (χ1n) is 7.97. The molecule has 124 valence electrons. The van der Waals surface area contributed by atoms with Gasteiger partial charge < -0.3 is 9.97 Å². The number of aromatic nitrogens is 2. The number of hydrogen-bond acceptors (Lipinski definition) is 4. The lowest BCUT2D eigenvalue weighted by molar-refractivity contribution is 0.0971. The molecule has 6 heteroatoms. The molecule has 1 aliphatic rings. The van der Waals surface area contributed by atoms with E-state index in [4.69, 9.17) is 0 Å². The summed E-state index contributed by atoms with van der Waals surface area (Å²) in [7, 11) is 0. The number of nitrogens with one attached hydrogen (secondary N) is 2. The van der Waals surface area contributed by atoms with Gasteiger partial charge in [0.25, 0.3) is 0 Å². The van der Waals surface area contributed by atoms with Crippen LogP contribution in [-0.2, 0) is 0 Å². The van der Waals surface area contributed by atoms with Crippen molar-refractivity contribution in [1.29, 1.82) is 0 Å². The molecule has 6 nitrogen and oxygen atoms in total. The zero-order chi connectivity index (χ0) is 18.0. The van der Waals surface area contributed by atoms with E-state index in [1.54, 1.807) is 48.5 Å². The Morgan fingerprint density at radius 2 is 0.923 bits per heavy atom. The summed E-state index contributed by atoms with van der Waals surface area (Å²) in [4.78, 5) is 57.3. The van der Waals surface area contributed by atoms with Crippen molar-refractivity contribution in [1.82, 2.24) is 9.97 Å². The quantitative estimate of drug-likeness (QED) is 0.450. The Balaban J connectivity index is 1.95. The van der Waals surface area contributed by atoms with Gasteiger partial charge in [0.15, 0.2) is 0 Å². The minimum absolute atomic E-state index is 0.132. The number of fused-ring (bicyclic) bond motifs is 4. The standard InChI is InChI=1S/C20H10N2O4/c23-17-9-5-1-3-7-11(9)21-15-13(17)19(25)16-14(20(15)26)18(24)10-6-2-4-8-12(10)22-16/h1-8H,(H,21,23)(H,22,24). The second-order valence-electron chi connectivity index (χ2n) is 6.16. The molecule has 2 N–H and O–H groups in total. The predicted octanol–water partition coefficient (Wildman–Crippen LogP) is 2.14. The van der Waals surface area contributed by atoms with Gasteiger partial charge in [0.1, 0.15) is 11.4 Å². The first-order valence-corrected chi connectivity index (χ1v) is 7.97. The number of pyridine rings is 2. The van der Waals surface area contributed by atoms with E-state index in [9.17, 15) is 19.2 Å². The summed E-state index contributed by atoms with van der Waals surface area (Å²) in [5.41, 5.74) is -0.880. The molecule has 0 amide bonds. The van der Waals surface area contributed by atoms with Gasteiger partial charge in [-0.05, 0) is 24.3 Å². The summed E-state index contributed by atoms with van der Waals surface area (Å²) in [5.74, 6) is -1.30. The number of rotatable bonds is 0. The molecule has 0 fully saturated rings. The minimum atomic E-state index is -0.649. The van der Waals surface area contributed by atoms with E-state index in [0.717, 1.165) is 0 Å². The van der Waals surface area contributed by atoms with Crippen LogP contribution in [0.5, 0.6) is 0 Å². The lowest BCUT2D eigenvalue weighted by Crippen LogP contribution is -2.34. The third-order valence-electron chi connectivity index (χ3n) is 4.73. The van der Waals surface area contributed by atoms with Gasteiger partial charge in [-0.1, -0.05) is 24.3 Å². The Bertz CT molecular complexity index is 1300. The van der Waals surface area contributed by atoms with Gasteiger partial charge in [-0.2, -0.15) is 0 Å². The minimum Gasteiger partial charge on any atom is -0.351 e. The Hall–Kier alpha value is -3.80. The summed E-state index contributed by atoms with van der Waals surface area (Å²) in [6, 6.07) is 13.3. The second-order valence-corrected chi connectivity index (χ2v) is 6.16. The highest BCUT2D eigenvalue weighted by atomic mass is 16.2. The fourth-order valence-electron chi connectivity index (χ4n) is 3.49. The van der Waals surface area contributed by atoms with Crippen molar-refractivity contribution in [2.45, 2.75) is 0 Å². The Kier molecular flexibility index (Phi) is 2.72. The molecule has 0 bridgehead atoms. The molecule has 0 aliphatic heterocycles. The van der Waals surface area contributed by atoms with Crippen LogP contribution in [0, 0.1) is 0 Å². The molecule has 0 saturated heterocycles. The van der Waals surface area contributed by atoms with Crippen molar-refractivity contribution in [3.05, 3.63) is 91.5 Å². The Morgan fingerprint density at radius 3 is 1.35 bits per heavy atom. The van der Waals surface area contributed by atoms with Crippen molar-refractivity contribution in [3.8, 4) is 0 Å². The van der Waals surface area contributed by atoms with Gasteiger partial charge in [-0.25, -0.2) is 0 Å². The fourth-order valence-corrected chi connectivity index (χ4v) is 3.49. The van der Waals surface area contributed by atoms with Crippen LogP contribution >= 0.6 is 0 Å². The zero-order valence-corrected chi connectivity index (χ0v) is 13.3. The summed E-state index contributed by atoms with van der Waals surface area (Å²) in [6.45, 7) is 0. The van der Waals surface area contributed by atoms with E-state index in [-0.39, 0.29) is 22.5 Å². The maximum absolute atomic E-state index is 13.0. The Labute approximate surface area is 145 Å². The first kappa shape index (κ1) is 14.5. The second kappa shape index (κ2) is 4.86. The van der Waals surface area contributed by atoms with Crippen molar-refractivity contribution >= 4 is 33.4 Å². The van der Waals surface area contributed by atoms with Gasteiger partial charge in [0.2, 0.25) is 22.4 Å². The van der Waals surface area contributed by atoms with E-state index in [2.05, 4.69) is 9.97 Å². The van der Waals surface area contributed by atoms with Crippen molar-refractivity contribution < 1.29 is 9.59 Å². The number of carbonyl (C=O) groups excluding carboxylic acids is 2. The number of benzene rings is 2. The van der Waals surface area contributed by atoms with Gasteiger partial charge in [-0.3, -0.25) is 19.2 Å². The maximum Gasteiger partial charge on any atom is 0.216 e. The van der Waals surface area contributed by atoms with Crippen LogP contribution < -0.4 is 10.9 Å². The molecular weight excluding hydrogens is 332 g/mol. The fraction of sp³-hybridized carbons (Fsp3) is 0. The highest BCUT2D eigenvalue weighted by molar-refractivity contribution is 6.28. The van der Waals surface area contributed by atoms with Gasteiger partial charge in [0.05, 0.1) is 11.1 Å². The predicted molar refractivity (Wildman–Crippen MR) is 96.0 cm³/mol. The van der Waals surface area contributed by atoms with Crippen LogP contribution in [0.4, 0.5) is 0 Å². The van der Waals surface area contributed by atoms with Gasteiger partial charge in [-0.15, -0.1) is 0 Å². The first-order chi connectivity index (χ1) is 12.6. The van der Waals surface area contributed by atoms with E-state index in [0.29, 0.717) is 21.8 Å². The Morgan fingerprint density at radius 1 is 0.538 bits per heavy atom. The van der Waals surface area contributed by atoms with Crippen LogP contribution in [0.3, 0.4) is 0 Å². The van der Waals surface area contributed by atoms with E-state index >= 15 is 0 Å². The number of hydrogen-bond donors (Lipinski definition) is 2. The van der Waals surface area contributed by atoms with Crippen molar-refractivity contribution in [2.24, 2.45) is 0 Å². The molecule has 0 saturated carbocycles. The van der Waals surface area contributed by atoms with Crippen LogP contribution in [0.1, 0.15) is 32.1 Å². The molecule has 2 heterocycles. The van der Waals surface area contributed by atoms with Gasteiger partial charge >= 0.3 is 0 Å². The number of ketones is 2. The molecule has 0 atom stereocenters. The van der Waals surface area contributed by atoms with Gasteiger partial charge in [0, 0.05) is 21.8 Å². The lowest BCUT2D eigenvalue weighted by atomic mass is 9.88. The lowest BCUT2D eigenvalue weighted by Gasteiger charge is -2.17. The third-order valence-corrected chi connectivity index (χ3v) is 4.73. The summed E-state index contributed by atoms with van der Waals surface area (Å²) in [6.07, 6.45) is 0. The monoisotopic (exact) mass is 342 g/mol. The number of H-pyrrole nitrogens is 2. The number of carbonyl (C=O) groups is 2. The number of aromatic amines is 2. The maximum atomic E-state index is 13.0. The molecule has 2 aromatic carbocycles.